The zero-order valence-corrected chi connectivity index (χ0v) is 9.85. The summed E-state index contributed by atoms with van der Waals surface area (Å²) in [7, 11) is 0. The third-order valence-corrected chi connectivity index (χ3v) is 3.40. The Morgan fingerprint density at radius 2 is 1.94 bits per heavy atom. The zero-order valence-electron chi connectivity index (χ0n) is 9.85. The lowest BCUT2D eigenvalue weighted by atomic mass is 9.81. The fraction of sp³-hybridized carbons (Fsp3) is 0.583. The zero-order chi connectivity index (χ0) is 12.1. The fourth-order valence-electron chi connectivity index (χ4n) is 2.34. The fourth-order valence-corrected chi connectivity index (χ4v) is 2.34. The van der Waals surface area contributed by atoms with Crippen molar-refractivity contribution in [3.05, 3.63) is 24.3 Å². The van der Waals surface area contributed by atoms with E-state index >= 15 is 0 Å². The SMILES string of the molecule is NCC1(NC(=O)c2cncnc2)CCCCC1. The number of aromatic nitrogens is 2. The van der Waals surface area contributed by atoms with Gasteiger partial charge in [0.2, 0.25) is 0 Å². The smallest absolute Gasteiger partial charge is 0.254 e. The second-order valence-corrected chi connectivity index (χ2v) is 4.63. The van der Waals surface area contributed by atoms with Crippen LogP contribution in [0.25, 0.3) is 0 Å². The molecule has 0 atom stereocenters. The molecule has 1 fully saturated rings. The van der Waals surface area contributed by atoms with Gasteiger partial charge in [-0.1, -0.05) is 19.3 Å². The van der Waals surface area contributed by atoms with Crippen LogP contribution >= 0.6 is 0 Å². The number of carbonyl (C=O) groups is 1. The average molecular weight is 234 g/mol. The lowest BCUT2D eigenvalue weighted by molar-refractivity contribution is 0.0874. The highest BCUT2D eigenvalue weighted by molar-refractivity contribution is 5.94. The maximum absolute atomic E-state index is 12.0. The van der Waals surface area contributed by atoms with E-state index in [4.69, 9.17) is 5.73 Å². The summed E-state index contributed by atoms with van der Waals surface area (Å²) in [4.78, 5) is 19.7. The van der Waals surface area contributed by atoms with Crippen molar-refractivity contribution in [2.45, 2.75) is 37.6 Å². The van der Waals surface area contributed by atoms with Crippen LogP contribution in [-0.2, 0) is 0 Å². The van der Waals surface area contributed by atoms with E-state index in [0.29, 0.717) is 12.1 Å². The predicted molar refractivity (Wildman–Crippen MR) is 64.4 cm³/mol. The minimum absolute atomic E-state index is 0.127. The first kappa shape index (κ1) is 12.0. The summed E-state index contributed by atoms with van der Waals surface area (Å²) in [6.45, 7) is 0.492. The summed E-state index contributed by atoms with van der Waals surface area (Å²) >= 11 is 0. The Labute approximate surface area is 101 Å². The van der Waals surface area contributed by atoms with Gasteiger partial charge in [0.15, 0.2) is 0 Å². The van der Waals surface area contributed by atoms with Crippen molar-refractivity contribution in [3.63, 3.8) is 0 Å². The van der Waals surface area contributed by atoms with Gasteiger partial charge in [0, 0.05) is 18.9 Å². The van der Waals surface area contributed by atoms with Crippen molar-refractivity contribution in [1.29, 1.82) is 0 Å². The number of hydrogen-bond acceptors (Lipinski definition) is 4. The third-order valence-electron chi connectivity index (χ3n) is 3.40. The molecule has 1 amide bonds. The minimum Gasteiger partial charge on any atom is -0.345 e. The molecule has 1 saturated carbocycles. The molecule has 17 heavy (non-hydrogen) atoms. The molecule has 0 aliphatic heterocycles. The monoisotopic (exact) mass is 234 g/mol. The summed E-state index contributed by atoms with van der Waals surface area (Å²) in [5, 5.41) is 3.05. The van der Waals surface area contributed by atoms with Crippen molar-refractivity contribution < 1.29 is 4.79 Å². The number of rotatable bonds is 3. The van der Waals surface area contributed by atoms with E-state index in [0.717, 1.165) is 25.7 Å². The lowest BCUT2D eigenvalue weighted by Crippen LogP contribution is -2.54. The third kappa shape index (κ3) is 2.79. The summed E-state index contributed by atoms with van der Waals surface area (Å²) in [6, 6.07) is 0. The Kier molecular flexibility index (Phi) is 3.68. The number of nitrogens with one attached hydrogen (secondary N) is 1. The molecule has 0 aromatic carbocycles. The summed E-state index contributed by atoms with van der Waals surface area (Å²) < 4.78 is 0. The van der Waals surface area contributed by atoms with Gasteiger partial charge in [0.05, 0.1) is 11.1 Å². The molecule has 5 nitrogen and oxygen atoms in total. The van der Waals surface area contributed by atoms with Crippen LogP contribution in [-0.4, -0.2) is 28.0 Å². The predicted octanol–water partition coefficient (Wildman–Crippen LogP) is 0.868. The maximum atomic E-state index is 12.0. The molecule has 5 heteroatoms. The van der Waals surface area contributed by atoms with E-state index in [9.17, 15) is 4.79 Å². The van der Waals surface area contributed by atoms with Crippen LogP contribution < -0.4 is 11.1 Å². The van der Waals surface area contributed by atoms with Crippen LogP contribution in [0.1, 0.15) is 42.5 Å². The van der Waals surface area contributed by atoms with E-state index in [1.54, 1.807) is 0 Å². The van der Waals surface area contributed by atoms with Gasteiger partial charge in [-0.3, -0.25) is 4.79 Å². The van der Waals surface area contributed by atoms with Crippen LogP contribution in [0.5, 0.6) is 0 Å². The number of nitrogens with zero attached hydrogens (tertiary/aromatic N) is 2. The van der Waals surface area contributed by atoms with E-state index in [1.807, 2.05) is 0 Å². The molecule has 2 rings (SSSR count). The molecular formula is C12H18N4O. The number of nitrogens with two attached hydrogens (primary N) is 1. The molecule has 3 N–H and O–H groups in total. The Morgan fingerprint density at radius 1 is 1.29 bits per heavy atom. The lowest BCUT2D eigenvalue weighted by Gasteiger charge is -2.37. The largest absolute Gasteiger partial charge is 0.345 e. The minimum atomic E-state index is -0.231. The Bertz CT molecular complexity index is 373. The molecule has 1 aromatic heterocycles. The Hall–Kier alpha value is -1.49. The molecule has 0 radical (unpaired) electrons. The van der Waals surface area contributed by atoms with Gasteiger partial charge in [0.25, 0.3) is 5.91 Å². The quantitative estimate of drug-likeness (QED) is 0.813. The first-order valence-corrected chi connectivity index (χ1v) is 6.03. The van der Waals surface area contributed by atoms with Gasteiger partial charge in [0.1, 0.15) is 6.33 Å². The van der Waals surface area contributed by atoms with Crippen LogP contribution in [0.4, 0.5) is 0 Å². The molecule has 1 heterocycles. The van der Waals surface area contributed by atoms with Crippen molar-refractivity contribution in [3.8, 4) is 0 Å². The molecule has 92 valence electrons. The van der Waals surface area contributed by atoms with Crippen LogP contribution in [0, 0.1) is 0 Å². The van der Waals surface area contributed by atoms with Gasteiger partial charge >= 0.3 is 0 Å². The molecule has 0 spiro atoms. The van der Waals surface area contributed by atoms with Crippen molar-refractivity contribution in [2.24, 2.45) is 5.73 Å². The van der Waals surface area contributed by atoms with Crippen molar-refractivity contribution in [2.75, 3.05) is 6.54 Å². The van der Waals surface area contributed by atoms with Gasteiger partial charge in [-0.2, -0.15) is 0 Å². The van der Waals surface area contributed by atoms with Crippen molar-refractivity contribution in [1.82, 2.24) is 15.3 Å². The van der Waals surface area contributed by atoms with E-state index < -0.39 is 0 Å². The molecule has 0 bridgehead atoms. The summed E-state index contributed by atoms with van der Waals surface area (Å²) in [5.41, 5.74) is 6.08. The van der Waals surface area contributed by atoms with E-state index in [2.05, 4.69) is 15.3 Å². The Balaban J connectivity index is 2.06. The van der Waals surface area contributed by atoms with Crippen molar-refractivity contribution >= 4 is 5.91 Å². The standard InChI is InChI=1S/C12H18N4O/c13-8-12(4-2-1-3-5-12)16-11(17)10-6-14-9-15-7-10/h6-7,9H,1-5,8,13H2,(H,16,17). The van der Waals surface area contributed by atoms with Crippen LogP contribution in [0.2, 0.25) is 0 Å². The molecule has 1 aliphatic rings. The van der Waals surface area contributed by atoms with E-state index in [-0.39, 0.29) is 11.4 Å². The molecule has 0 saturated heterocycles. The molecule has 1 aromatic rings. The van der Waals surface area contributed by atoms with Gasteiger partial charge < -0.3 is 11.1 Å². The second kappa shape index (κ2) is 5.23. The first-order chi connectivity index (χ1) is 8.26. The highest BCUT2D eigenvalue weighted by Crippen LogP contribution is 2.27. The summed E-state index contributed by atoms with van der Waals surface area (Å²) in [6.07, 6.45) is 9.87. The highest BCUT2D eigenvalue weighted by atomic mass is 16.1. The van der Waals surface area contributed by atoms with Crippen LogP contribution in [0.3, 0.4) is 0 Å². The van der Waals surface area contributed by atoms with Gasteiger partial charge in [-0.15, -0.1) is 0 Å². The average Bonchev–Trinajstić information content (AvgIpc) is 2.41. The van der Waals surface area contributed by atoms with Gasteiger partial charge in [-0.25, -0.2) is 9.97 Å². The number of hydrogen-bond donors (Lipinski definition) is 2. The molecular weight excluding hydrogens is 216 g/mol. The number of carbonyl (C=O) groups excluding carboxylic acids is 1. The highest BCUT2D eigenvalue weighted by Gasteiger charge is 2.32. The topological polar surface area (TPSA) is 80.9 Å². The number of amides is 1. The molecule has 1 aliphatic carbocycles. The molecule has 0 unspecified atom stereocenters. The first-order valence-electron chi connectivity index (χ1n) is 6.03. The van der Waals surface area contributed by atoms with Gasteiger partial charge in [-0.05, 0) is 12.8 Å². The normalized spacial score (nSPS) is 18.6. The second-order valence-electron chi connectivity index (χ2n) is 4.63. The maximum Gasteiger partial charge on any atom is 0.254 e. The van der Waals surface area contributed by atoms with E-state index in [1.165, 1.54) is 25.1 Å². The summed E-state index contributed by atoms with van der Waals surface area (Å²) in [5.74, 6) is -0.127. The van der Waals surface area contributed by atoms with Crippen LogP contribution in [0.15, 0.2) is 18.7 Å². The Morgan fingerprint density at radius 3 is 2.53 bits per heavy atom.